The SMILES string of the molecule is CC[C@@H](N)C(=O)Nc1cccnc1. The van der Waals surface area contributed by atoms with Gasteiger partial charge in [0, 0.05) is 6.20 Å². The molecule has 1 rings (SSSR count). The summed E-state index contributed by atoms with van der Waals surface area (Å²) in [5, 5.41) is 2.67. The first-order valence-corrected chi connectivity index (χ1v) is 4.20. The molecule has 0 aliphatic carbocycles. The molecule has 0 bridgehead atoms. The van der Waals surface area contributed by atoms with Crippen molar-refractivity contribution in [2.45, 2.75) is 19.4 Å². The lowest BCUT2D eigenvalue weighted by Crippen LogP contribution is -2.34. The molecule has 0 radical (unpaired) electrons. The number of nitrogens with two attached hydrogens (primary N) is 1. The van der Waals surface area contributed by atoms with Gasteiger partial charge in [0.25, 0.3) is 0 Å². The number of amides is 1. The molecule has 0 saturated carbocycles. The van der Waals surface area contributed by atoms with E-state index in [4.69, 9.17) is 5.73 Å². The summed E-state index contributed by atoms with van der Waals surface area (Å²) in [5.41, 5.74) is 6.21. The van der Waals surface area contributed by atoms with Gasteiger partial charge in [-0.25, -0.2) is 0 Å². The van der Waals surface area contributed by atoms with E-state index in [1.54, 1.807) is 24.5 Å². The van der Waals surface area contributed by atoms with E-state index >= 15 is 0 Å². The maximum Gasteiger partial charge on any atom is 0.241 e. The number of nitrogens with zero attached hydrogens (tertiary/aromatic N) is 1. The molecule has 0 aliphatic heterocycles. The molecule has 13 heavy (non-hydrogen) atoms. The molecule has 1 amide bonds. The summed E-state index contributed by atoms with van der Waals surface area (Å²) in [4.78, 5) is 15.1. The van der Waals surface area contributed by atoms with Crippen molar-refractivity contribution in [2.75, 3.05) is 5.32 Å². The van der Waals surface area contributed by atoms with Gasteiger partial charge in [0.05, 0.1) is 17.9 Å². The fourth-order valence-corrected chi connectivity index (χ4v) is 0.857. The number of aromatic nitrogens is 1. The molecule has 1 atom stereocenters. The van der Waals surface area contributed by atoms with Gasteiger partial charge in [0.2, 0.25) is 5.91 Å². The smallest absolute Gasteiger partial charge is 0.241 e. The van der Waals surface area contributed by atoms with Gasteiger partial charge < -0.3 is 11.1 Å². The van der Waals surface area contributed by atoms with Crippen molar-refractivity contribution in [3.05, 3.63) is 24.5 Å². The van der Waals surface area contributed by atoms with Crippen LogP contribution in [0.3, 0.4) is 0 Å². The number of pyridine rings is 1. The summed E-state index contributed by atoms with van der Waals surface area (Å²) in [5.74, 6) is -0.171. The molecule has 0 aromatic carbocycles. The molecule has 0 spiro atoms. The third kappa shape index (κ3) is 2.83. The molecule has 1 heterocycles. The quantitative estimate of drug-likeness (QED) is 0.719. The van der Waals surface area contributed by atoms with Gasteiger partial charge >= 0.3 is 0 Å². The van der Waals surface area contributed by atoms with E-state index in [0.29, 0.717) is 12.1 Å². The van der Waals surface area contributed by atoms with Crippen molar-refractivity contribution in [3.8, 4) is 0 Å². The number of hydrogen-bond acceptors (Lipinski definition) is 3. The van der Waals surface area contributed by atoms with Crippen molar-refractivity contribution in [1.82, 2.24) is 4.98 Å². The minimum atomic E-state index is -0.444. The predicted octanol–water partition coefficient (Wildman–Crippen LogP) is 0.757. The Bertz CT molecular complexity index is 273. The Morgan fingerprint density at radius 3 is 3.08 bits per heavy atom. The fourth-order valence-electron chi connectivity index (χ4n) is 0.857. The van der Waals surface area contributed by atoms with Crippen LogP contribution in [-0.4, -0.2) is 16.9 Å². The summed E-state index contributed by atoms with van der Waals surface area (Å²) >= 11 is 0. The molecule has 70 valence electrons. The van der Waals surface area contributed by atoms with E-state index in [-0.39, 0.29) is 5.91 Å². The Hall–Kier alpha value is -1.42. The van der Waals surface area contributed by atoms with E-state index in [1.165, 1.54) is 0 Å². The average molecular weight is 179 g/mol. The molecular formula is C9H13N3O. The number of anilines is 1. The zero-order chi connectivity index (χ0) is 9.68. The van der Waals surface area contributed by atoms with Crippen LogP contribution in [0.2, 0.25) is 0 Å². The summed E-state index contributed by atoms with van der Waals surface area (Å²) < 4.78 is 0. The second-order valence-corrected chi connectivity index (χ2v) is 2.75. The highest BCUT2D eigenvalue weighted by molar-refractivity contribution is 5.94. The summed E-state index contributed by atoms with van der Waals surface area (Å²) in [6, 6.07) is 3.08. The minimum Gasteiger partial charge on any atom is -0.323 e. The average Bonchev–Trinajstić information content (AvgIpc) is 2.18. The third-order valence-corrected chi connectivity index (χ3v) is 1.71. The number of nitrogens with one attached hydrogen (secondary N) is 1. The van der Waals surface area contributed by atoms with Gasteiger partial charge in [-0.05, 0) is 18.6 Å². The highest BCUT2D eigenvalue weighted by Gasteiger charge is 2.10. The van der Waals surface area contributed by atoms with E-state index in [0.717, 1.165) is 0 Å². The first-order chi connectivity index (χ1) is 6.24. The molecule has 0 saturated heterocycles. The van der Waals surface area contributed by atoms with Crippen LogP contribution in [0.25, 0.3) is 0 Å². The zero-order valence-electron chi connectivity index (χ0n) is 7.53. The minimum absolute atomic E-state index is 0.171. The van der Waals surface area contributed by atoms with Crippen LogP contribution in [0.1, 0.15) is 13.3 Å². The maximum atomic E-state index is 11.3. The molecule has 0 unspecified atom stereocenters. The highest BCUT2D eigenvalue weighted by Crippen LogP contribution is 2.03. The van der Waals surface area contributed by atoms with Crippen molar-refractivity contribution in [1.29, 1.82) is 0 Å². The Labute approximate surface area is 77.2 Å². The molecule has 1 aromatic rings. The topological polar surface area (TPSA) is 68.0 Å². The largest absolute Gasteiger partial charge is 0.323 e. The Morgan fingerprint density at radius 1 is 1.77 bits per heavy atom. The number of rotatable bonds is 3. The van der Waals surface area contributed by atoms with Crippen molar-refractivity contribution < 1.29 is 4.79 Å². The molecule has 1 aromatic heterocycles. The highest BCUT2D eigenvalue weighted by atomic mass is 16.2. The van der Waals surface area contributed by atoms with Gasteiger partial charge in [-0.2, -0.15) is 0 Å². The van der Waals surface area contributed by atoms with Crippen molar-refractivity contribution >= 4 is 11.6 Å². The van der Waals surface area contributed by atoms with Crippen molar-refractivity contribution in [2.24, 2.45) is 5.73 Å². The predicted molar refractivity (Wildman–Crippen MR) is 51.1 cm³/mol. The lowest BCUT2D eigenvalue weighted by molar-refractivity contribution is -0.117. The second-order valence-electron chi connectivity index (χ2n) is 2.75. The van der Waals surface area contributed by atoms with Crippen LogP contribution in [0.15, 0.2) is 24.5 Å². The van der Waals surface area contributed by atoms with Crippen LogP contribution >= 0.6 is 0 Å². The van der Waals surface area contributed by atoms with Crippen LogP contribution in [0.5, 0.6) is 0 Å². The Balaban J connectivity index is 2.55. The number of carbonyl (C=O) groups excluding carboxylic acids is 1. The first-order valence-electron chi connectivity index (χ1n) is 4.20. The second kappa shape index (κ2) is 4.57. The van der Waals surface area contributed by atoms with E-state index < -0.39 is 6.04 Å². The molecule has 4 nitrogen and oxygen atoms in total. The lowest BCUT2D eigenvalue weighted by atomic mass is 10.2. The fraction of sp³-hybridized carbons (Fsp3) is 0.333. The van der Waals surface area contributed by atoms with Gasteiger partial charge in [0.1, 0.15) is 0 Å². The molecular weight excluding hydrogens is 166 g/mol. The van der Waals surface area contributed by atoms with E-state index in [1.807, 2.05) is 6.92 Å². The van der Waals surface area contributed by atoms with Crippen molar-refractivity contribution in [3.63, 3.8) is 0 Å². The molecule has 0 fully saturated rings. The normalized spacial score (nSPS) is 12.2. The number of hydrogen-bond donors (Lipinski definition) is 2. The maximum absolute atomic E-state index is 11.3. The standard InChI is InChI=1S/C9H13N3O/c1-2-8(10)9(13)12-7-4-3-5-11-6-7/h3-6,8H,2,10H2,1H3,(H,12,13)/t8-/m1/s1. The van der Waals surface area contributed by atoms with Gasteiger partial charge in [0.15, 0.2) is 0 Å². The van der Waals surface area contributed by atoms with Crippen LogP contribution in [0, 0.1) is 0 Å². The summed E-state index contributed by atoms with van der Waals surface area (Å²) in [7, 11) is 0. The van der Waals surface area contributed by atoms with E-state index in [9.17, 15) is 4.79 Å². The lowest BCUT2D eigenvalue weighted by Gasteiger charge is -2.08. The van der Waals surface area contributed by atoms with Gasteiger partial charge in [-0.1, -0.05) is 6.92 Å². The third-order valence-electron chi connectivity index (χ3n) is 1.71. The molecule has 0 aliphatic rings. The first kappa shape index (κ1) is 9.67. The Morgan fingerprint density at radius 2 is 2.54 bits per heavy atom. The number of carbonyl (C=O) groups is 1. The zero-order valence-corrected chi connectivity index (χ0v) is 7.53. The van der Waals surface area contributed by atoms with Crippen LogP contribution in [0.4, 0.5) is 5.69 Å². The van der Waals surface area contributed by atoms with Crippen LogP contribution < -0.4 is 11.1 Å². The monoisotopic (exact) mass is 179 g/mol. The van der Waals surface area contributed by atoms with E-state index in [2.05, 4.69) is 10.3 Å². The summed E-state index contributed by atoms with van der Waals surface area (Å²) in [6.07, 6.45) is 3.86. The van der Waals surface area contributed by atoms with Crippen LogP contribution in [-0.2, 0) is 4.79 Å². The van der Waals surface area contributed by atoms with Gasteiger partial charge in [-0.3, -0.25) is 9.78 Å². The summed E-state index contributed by atoms with van der Waals surface area (Å²) in [6.45, 7) is 1.87. The molecule has 4 heteroatoms. The molecule has 3 N–H and O–H groups in total. The Kier molecular flexibility index (Phi) is 3.40. The van der Waals surface area contributed by atoms with Gasteiger partial charge in [-0.15, -0.1) is 0 Å².